The standard InChI is InChI=1S/C33H21N3O/c1-17(2)9-10-18-15-26(34)31-27(16-18)36-32(35-31)24-13-11-22-20-7-3-5-19-6-4-8-21(28(19)20)23-12-14-25(33(36)37)30(24)29(22)23/h3-8,11-17H,34H2,1-2H3. The predicted molar refractivity (Wildman–Crippen MR) is 155 cm³/mol. The topological polar surface area (TPSA) is 60.4 Å². The molecule has 4 nitrogen and oxygen atoms in total. The Morgan fingerprint density at radius 2 is 1.41 bits per heavy atom. The molecule has 0 atom stereocenters. The fourth-order valence-electron chi connectivity index (χ4n) is 6.11. The van der Waals surface area contributed by atoms with Gasteiger partial charge in [0.25, 0.3) is 5.56 Å². The number of hydrogen-bond acceptors (Lipinski definition) is 3. The molecule has 0 unspecified atom stereocenters. The summed E-state index contributed by atoms with van der Waals surface area (Å²) < 4.78 is 1.71. The van der Waals surface area contributed by atoms with Gasteiger partial charge < -0.3 is 5.73 Å². The van der Waals surface area contributed by atoms with Crippen molar-refractivity contribution >= 4 is 76.2 Å². The Hall–Kier alpha value is -4.88. The summed E-state index contributed by atoms with van der Waals surface area (Å²) in [4.78, 5) is 19.0. The lowest BCUT2D eigenvalue weighted by atomic mass is 9.88. The van der Waals surface area contributed by atoms with Gasteiger partial charge in [0.15, 0.2) is 0 Å². The number of nitrogens with zero attached hydrogens (tertiary/aromatic N) is 2. The average molecular weight is 476 g/mol. The molecule has 8 rings (SSSR count). The van der Waals surface area contributed by atoms with Crippen LogP contribution in [0, 0.1) is 17.8 Å². The van der Waals surface area contributed by atoms with Gasteiger partial charge in [0.05, 0.1) is 11.2 Å². The number of nitrogens with two attached hydrogens (primary N) is 1. The Morgan fingerprint density at radius 3 is 2.11 bits per heavy atom. The molecule has 0 saturated carbocycles. The minimum atomic E-state index is -0.0841. The van der Waals surface area contributed by atoms with Crippen LogP contribution in [0.25, 0.3) is 70.5 Å². The van der Waals surface area contributed by atoms with Gasteiger partial charge in [-0.3, -0.25) is 9.20 Å². The van der Waals surface area contributed by atoms with Crippen molar-refractivity contribution in [1.82, 2.24) is 9.38 Å². The summed E-state index contributed by atoms with van der Waals surface area (Å²) in [5.74, 6) is 6.62. The molecule has 0 fully saturated rings. The second-order valence-corrected chi connectivity index (χ2v) is 10.2. The lowest BCUT2D eigenvalue weighted by Crippen LogP contribution is -2.13. The van der Waals surface area contributed by atoms with Crippen LogP contribution in [0.5, 0.6) is 0 Å². The second-order valence-electron chi connectivity index (χ2n) is 10.2. The number of rotatable bonds is 0. The van der Waals surface area contributed by atoms with Crippen LogP contribution < -0.4 is 11.3 Å². The van der Waals surface area contributed by atoms with E-state index in [1.165, 1.54) is 21.5 Å². The molecule has 2 N–H and O–H groups in total. The van der Waals surface area contributed by atoms with Crippen LogP contribution in [0.4, 0.5) is 5.69 Å². The third-order valence-corrected chi connectivity index (χ3v) is 7.62. The van der Waals surface area contributed by atoms with Gasteiger partial charge in [-0.05, 0) is 62.0 Å². The summed E-state index contributed by atoms with van der Waals surface area (Å²) in [6.07, 6.45) is 0. The number of hydrogen-bond donors (Lipinski definition) is 1. The van der Waals surface area contributed by atoms with Crippen molar-refractivity contribution in [2.45, 2.75) is 13.8 Å². The summed E-state index contributed by atoms with van der Waals surface area (Å²) in [6, 6.07) is 25.0. The number of imidazole rings is 1. The lowest BCUT2D eigenvalue weighted by molar-refractivity contribution is 0.866. The quantitative estimate of drug-likeness (QED) is 0.110. The number of fused-ring (bicyclic) bond motifs is 6. The molecule has 37 heavy (non-hydrogen) atoms. The summed E-state index contributed by atoms with van der Waals surface area (Å²) in [7, 11) is 0. The molecule has 0 aliphatic carbocycles. The Morgan fingerprint density at radius 1 is 0.784 bits per heavy atom. The molecule has 0 spiro atoms. The third-order valence-electron chi connectivity index (χ3n) is 7.62. The highest BCUT2D eigenvalue weighted by Gasteiger charge is 2.21. The van der Waals surface area contributed by atoms with E-state index in [-0.39, 0.29) is 11.5 Å². The molecule has 0 aliphatic rings. The Kier molecular flexibility index (Phi) is 3.77. The van der Waals surface area contributed by atoms with Crippen LogP contribution in [0.3, 0.4) is 0 Å². The van der Waals surface area contributed by atoms with Crippen LogP contribution in [-0.4, -0.2) is 9.38 Å². The maximum absolute atomic E-state index is 14.1. The van der Waals surface area contributed by atoms with Gasteiger partial charge >= 0.3 is 0 Å². The number of benzene rings is 6. The first kappa shape index (κ1) is 20.3. The second kappa shape index (κ2) is 6.87. The van der Waals surface area contributed by atoms with E-state index < -0.39 is 0 Å². The highest BCUT2D eigenvalue weighted by molar-refractivity contribution is 6.37. The molecule has 0 saturated heterocycles. The van der Waals surface area contributed by atoms with Gasteiger partial charge in [0.1, 0.15) is 11.2 Å². The van der Waals surface area contributed by atoms with Crippen molar-refractivity contribution in [1.29, 1.82) is 0 Å². The molecule has 2 aromatic heterocycles. The largest absolute Gasteiger partial charge is 0.397 e. The van der Waals surface area contributed by atoms with Crippen molar-refractivity contribution in [3.63, 3.8) is 0 Å². The highest BCUT2D eigenvalue weighted by atomic mass is 16.1. The van der Waals surface area contributed by atoms with Gasteiger partial charge in [0.2, 0.25) is 0 Å². The summed E-state index contributed by atoms with van der Waals surface area (Å²) in [6.45, 7) is 4.10. The summed E-state index contributed by atoms with van der Waals surface area (Å²) in [5, 5.41) is 10.9. The van der Waals surface area contributed by atoms with Crippen molar-refractivity contribution in [3.05, 3.63) is 88.7 Å². The number of nitrogen functional groups attached to an aromatic ring is 1. The number of aromatic nitrogens is 2. The van der Waals surface area contributed by atoms with E-state index in [9.17, 15) is 4.79 Å². The maximum Gasteiger partial charge on any atom is 0.264 e. The molecule has 0 bridgehead atoms. The number of anilines is 1. The smallest absolute Gasteiger partial charge is 0.264 e. The summed E-state index contributed by atoms with van der Waals surface area (Å²) in [5.41, 5.74) is 9.63. The van der Waals surface area contributed by atoms with E-state index in [0.29, 0.717) is 27.8 Å². The van der Waals surface area contributed by atoms with Crippen molar-refractivity contribution in [2.24, 2.45) is 5.92 Å². The van der Waals surface area contributed by atoms with E-state index in [4.69, 9.17) is 10.7 Å². The molecular weight excluding hydrogens is 454 g/mol. The summed E-state index contributed by atoms with van der Waals surface area (Å²) >= 11 is 0. The fraction of sp³-hybridized carbons (Fsp3) is 0.0909. The zero-order chi connectivity index (χ0) is 25.0. The lowest BCUT2D eigenvalue weighted by Gasteiger charge is -2.16. The zero-order valence-electron chi connectivity index (χ0n) is 20.4. The molecule has 4 heteroatoms. The zero-order valence-corrected chi connectivity index (χ0v) is 20.4. The minimum absolute atomic E-state index is 0.0841. The Balaban J connectivity index is 1.61. The van der Waals surface area contributed by atoms with Gasteiger partial charge in [0, 0.05) is 27.6 Å². The van der Waals surface area contributed by atoms with Crippen LogP contribution >= 0.6 is 0 Å². The van der Waals surface area contributed by atoms with Crippen LogP contribution in [-0.2, 0) is 0 Å². The average Bonchev–Trinajstić information content (AvgIpc) is 3.30. The van der Waals surface area contributed by atoms with E-state index in [1.54, 1.807) is 4.40 Å². The van der Waals surface area contributed by atoms with Crippen molar-refractivity contribution < 1.29 is 0 Å². The SMILES string of the molecule is CC(C)C#Cc1cc(N)c2nc3c4ccc5c6cccc7cccc(c8ccc(c(=O)n3c2c1)c4c85)c76. The number of pyridine rings is 1. The first-order chi connectivity index (χ1) is 18.0. The first-order valence-electron chi connectivity index (χ1n) is 12.5. The van der Waals surface area contributed by atoms with E-state index in [0.717, 1.165) is 32.5 Å². The first-order valence-corrected chi connectivity index (χ1v) is 12.5. The fourth-order valence-corrected chi connectivity index (χ4v) is 6.11. The molecular formula is C33H21N3O. The Labute approximate surface area is 211 Å². The minimum Gasteiger partial charge on any atom is -0.397 e. The highest BCUT2D eigenvalue weighted by Crippen LogP contribution is 2.43. The maximum atomic E-state index is 14.1. The van der Waals surface area contributed by atoms with E-state index in [1.807, 2.05) is 32.0 Å². The molecule has 0 aliphatic heterocycles. The van der Waals surface area contributed by atoms with Crippen LogP contribution in [0.2, 0.25) is 0 Å². The van der Waals surface area contributed by atoms with Crippen LogP contribution in [0.15, 0.2) is 77.6 Å². The normalized spacial score (nSPS) is 12.3. The Bertz CT molecular complexity index is 2320. The van der Waals surface area contributed by atoms with E-state index >= 15 is 0 Å². The molecule has 174 valence electrons. The predicted octanol–water partition coefficient (Wildman–Crippen LogP) is 7.08. The molecule has 8 aromatic rings. The van der Waals surface area contributed by atoms with Gasteiger partial charge in [-0.25, -0.2) is 4.98 Å². The molecule has 0 radical (unpaired) electrons. The van der Waals surface area contributed by atoms with Gasteiger partial charge in [-0.2, -0.15) is 0 Å². The molecule has 2 heterocycles. The van der Waals surface area contributed by atoms with Crippen LogP contribution in [0.1, 0.15) is 19.4 Å². The molecule has 6 aromatic carbocycles. The van der Waals surface area contributed by atoms with Crippen molar-refractivity contribution in [2.75, 3.05) is 5.73 Å². The van der Waals surface area contributed by atoms with Gasteiger partial charge in [-0.1, -0.05) is 74.2 Å². The monoisotopic (exact) mass is 475 g/mol. The van der Waals surface area contributed by atoms with Gasteiger partial charge in [-0.15, -0.1) is 0 Å². The third kappa shape index (κ3) is 2.53. The van der Waals surface area contributed by atoms with E-state index in [2.05, 4.69) is 66.4 Å². The molecule has 0 amide bonds. The van der Waals surface area contributed by atoms with Crippen molar-refractivity contribution in [3.8, 4) is 11.8 Å².